The number of nitrogens with one attached hydrogen (secondary N) is 1. The summed E-state index contributed by atoms with van der Waals surface area (Å²) in [5, 5.41) is 3.08. The molecule has 0 aromatic heterocycles. The van der Waals surface area contributed by atoms with Crippen molar-refractivity contribution in [3.05, 3.63) is 82.9 Å². The molecule has 1 amide bonds. The fourth-order valence-corrected chi connectivity index (χ4v) is 5.38. The molecule has 0 bridgehead atoms. The number of anilines is 1. The fourth-order valence-electron chi connectivity index (χ4n) is 3.72. The van der Waals surface area contributed by atoms with Crippen LogP contribution >= 0.6 is 11.6 Å². The van der Waals surface area contributed by atoms with Crippen molar-refractivity contribution in [1.29, 1.82) is 0 Å². The van der Waals surface area contributed by atoms with Gasteiger partial charge in [-0.15, -0.1) is 0 Å². The van der Waals surface area contributed by atoms with Crippen LogP contribution in [0.3, 0.4) is 0 Å². The van der Waals surface area contributed by atoms with Gasteiger partial charge in [0.05, 0.1) is 28.8 Å². The van der Waals surface area contributed by atoms with Crippen molar-refractivity contribution in [2.24, 2.45) is 0 Å². The molecule has 0 heterocycles. The Hall–Kier alpha value is -3.23. The van der Waals surface area contributed by atoms with E-state index < -0.39 is 22.5 Å². The second-order valence-corrected chi connectivity index (χ2v) is 11.2. The molecule has 0 aliphatic carbocycles. The maximum Gasteiger partial charge on any atom is 0.264 e. The van der Waals surface area contributed by atoms with E-state index in [9.17, 15) is 13.2 Å². The van der Waals surface area contributed by atoms with Gasteiger partial charge >= 0.3 is 0 Å². The minimum absolute atomic E-state index is 0.0846. The zero-order valence-electron chi connectivity index (χ0n) is 21.5. The Morgan fingerprint density at radius 2 is 1.78 bits per heavy atom. The number of aryl methyl sites for hydroxylation is 2. The average Bonchev–Trinajstić information content (AvgIpc) is 2.85. The normalized spacial score (nSPS) is 11.3. The number of hydrogen-bond donors (Lipinski definition) is 1. The standard InChI is InChI=1S/C28H33ClN2O5S/c1-20(2)36-24-9-5-7-22(17-24)8-6-16-30-28(32)19-31(23-12-15-27(35-4)26(29)18-23)37(33,34)25-13-10-21(3)11-14-25/h5,7,9-15,17-18,20H,6,8,16,19H2,1-4H3,(H,30,32). The Balaban J connectivity index is 1.70. The quantitative estimate of drug-likeness (QED) is 0.309. The smallest absolute Gasteiger partial charge is 0.264 e. The van der Waals surface area contributed by atoms with Gasteiger partial charge in [0.1, 0.15) is 18.0 Å². The zero-order chi connectivity index (χ0) is 27.0. The molecular weight excluding hydrogens is 512 g/mol. The van der Waals surface area contributed by atoms with Crippen LogP contribution in [0, 0.1) is 6.92 Å². The van der Waals surface area contributed by atoms with Crippen molar-refractivity contribution >= 4 is 33.2 Å². The number of halogens is 1. The minimum atomic E-state index is -4.03. The number of methoxy groups -OCH3 is 1. The number of hydrogen-bond acceptors (Lipinski definition) is 5. The van der Waals surface area contributed by atoms with Crippen LogP contribution in [0.25, 0.3) is 0 Å². The Morgan fingerprint density at radius 3 is 2.43 bits per heavy atom. The summed E-state index contributed by atoms with van der Waals surface area (Å²) >= 11 is 6.27. The highest BCUT2D eigenvalue weighted by atomic mass is 35.5. The van der Waals surface area contributed by atoms with Gasteiger partial charge in [0.25, 0.3) is 10.0 Å². The van der Waals surface area contributed by atoms with E-state index in [1.807, 2.05) is 45.0 Å². The van der Waals surface area contributed by atoms with E-state index >= 15 is 0 Å². The summed E-state index contributed by atoms with van der Waals surface area (Å²) in [7, 11) is -2.56. The number of sulfonamides is 1. The summed E-state index contributed by atoms with van der Waals surface area (Å²) in [5.74, 6) is 0.802. The van der Waals surface area contributed by atoms with Crippen molar-refractivity contribution in [2.75, 3.05) is 24.5 Å². The molecule has 0 atom stereocenters. The third-order valence-electron chi connectivity index (χ3n) is 5.55. The lowest BCUT2D eigenvalue weighted by Crippen LogP contribution is -2.41. The number of carbonyl (C=O) groups is 1. The van der Waals surface area contributed by atoms with Gasteiger partial charge in [0.2, 0.25) is 5.91 Å². The SMILES string of the molecule is COc1ccc(N(CC(=O)NCCCc2cccc(OC(C)C)c2)S(=O)(=O)c2ccc(C)cc2)cc1Cl. The monoisotopic (exact) mass is 544 g/mol. The van der Waals surface area contributed by atoms with Crippen molar-refractivity contribution < 1.29 is 22.7 Å². The predicted molar refractivity (Wildman–Crippen MR) is 147 cm³/mol. The largest absolute Gasteiger partial charge is 0.495 e. The molecule has 0 aliphatic heterocycles. The molecule has 1 N–H and O–H groups in total. The number of rotatable bonds is 12. The Labute approximate surface area is 224 Å². The fraction of sp³-hybridized carbons (Fsp3) is 0.321. The van der Waals surface area contributed by atoms with Crippen molar-refractivity contribution in [1.82, 2.24) is 5.32 Å². The van der Waals surface area contributed by atoms with E-state index in [0.29, 0.717) is 18.7 Å². The molecule has 0 unspecified atom stereocenters. The molecule has 0 saturated heterocycles. The molecule has 3 rings (SSSR count). The molecule has 37 heavy (non-hydrogen) atoms. The third kappa shape index (κ3) is 7.87. The van der Waals surface area contributed by atoms with Crippen LogP contribution in [0.2, 0.25) is 5.02 Å². The molecule has 198 valence electrons. The van der Waals surface area contributed by atoms with Gasteiger partial charge in [0.15, 0.2) is 0 Å². The number of benzene rings is 3. The summed E-state index contributed by atoms with van der Waals surface area (Å²) in [4.78, 5) is 12.9. The molecular formula is C28H33ClN2O5S. The second-order valence-electron chi connectivity index (χ2n) is 8.91. The van der Waals surface area contributed by atoms with Gasteiger partial charge in [-0.05, 0) is 81.6 Å². The second kappa shape index (κ2) is 12.8. The first kappa shape index (κ1) is 28.3. The molecule has 3 aromatic rings. The Kier molecular flexibility index (Phi) is 9.83. The lowest BCUT2D eigenvalue weighted by molar-refractivity contribution is -0.119. The van der Waals surface area contributed by atoms with Gasteiger partial charge in [-0.2, -0.15) is 0 Å². The van der Waals surface area contributed by atoms with E-state index in [1.165, 1.54) is 25.3 Å². The first-order chi connectivity index (χ1) is 17.6. The first-order valence-electron chi connectivity index (χ1n) is 12.1. The molecule has 7 nitrogen and oxygen atoms in total. The van der Waals surface area contributed by atoms with Gasteiger partial charge in [-0.1, -0.05) is 41.4 Å². The van der Waals surface area contributed by atoms with E-state index in [2.05, 4.69) is 5.32 Å². The highest BCUT2D eigenvalue weighted by Crippen LogP contribution is 2.32. The van der Waals surface area contributed by atoms with E-state index in [1.54, 1.807) is 24.3 Å². The van der Waals surface area contributed by atoms with Gasteiger partial charge in [0, 0.05) is 6.54 Å². The minimum Gasteiger partial charge on any atom is -0.495 e. The topological polar surface area (TPSA) is 84.9 Å². The molecule has 0 fully saturated rings. The third-order valence-corrected chi connectivity index (χ3v) is 7.64. The van der Waals surface area contributed by atoms with E-state index in [4.69, 9.17) is 21.1 Å². The van der Waals surface area contributed by atoms with Crippen molar-refractivity contribution in [2.45, 2.75) is 44.6 Å². The lowest BCUT2D eigenvalue weighted by Gasteiger charge is -2.24. The molecule has 9 heteroatoms. The molecule has 0 radical (unpaired) electrons. The van der Waals surface area contributed by atoms with Crippen LogP contribution in [0.1, 0.15) is 31.4 Å². The van der Waals surface area contributed by atoms with Crippen LogP contribution in [-0.2, 0) is 21.2 Å². The highest BCUT2D eigenvalue weighted by Gasteiger charge is 2.27. The summed E-state index contributed by atoms with van der Waals surface area (Å²) in [6.45, 7) is 5.83. The number of carbonyl (C=O) groups excluding carboxylic acids is 1. The number of amides is 1. The summed E-state index contributed by atoms with van der Waals surface area (Å²) in [6.07, 6.45) is 1.53. The zero-order valence-corrected chi connectivity index (χ0v) is 23.1. The molecule has 0 aliphatic rings. The van der Waals surface area contributed by atoms with Crippen LogP contribution in [0.5, 0.6) is 11.5 Å². The highest BCUT2D eigenvalue weighted by molar-refractivity contribution is 7.92. The Morgan fingerprint density at radius 1 is 1.05 bits per heavy atom. The number of ether oxygens (including phenoxy) is 2. The maximum absolute atomic E-state index is 13.5. The van der Waals surface area contributed by atoms with Crippen LogP contribution in [0.4, 0.5) is 5.69 Å². The van der Waals surface area contributed by atoms with Crippen molar-refractivity contribution in [3.8, 4) is 11.5 Å². The molecule has 3 aromatic carbocycles. The van der Waals surface area contributed by atoms with Crippen molar-refractivity contribution in [3.63, 3.8) is 0 Å². The molecule has 0 saturated carbocycles. The van der Waals surface area contributed by atoms with Gasteiger partial charge in [-0.3, -0.25) is 9.10 Å². The maximum atomic E-state index is 13.5. The van der Waals surface area contributed by atoms with Crippen LogP contribution in [0.15, 0.2) is 71.6 Å². The van der Waals surface area contributed by atoms with E-state index in [-0.39, 0.29) is 21.7 Å². The summed E-state index contributed by atoms with van der Waals surface area (Å²) < 4.78 is 39.0. The van der Waals surface area contributed by atoms with Crippen LogP contribution in [-0.4, -0.2) is 40.6 Å². The molecule has 0 spiro atoms. The summed E-state index contributed by atoms with van der Waals surface area (Å²) in [6, 6.07) is 19.0. The Bertz CT molecular complexity index is 1310. The average molecular weight is 545 g/mol. The van der Waals surface area contributed by atoms with E-state index in [0.717, 1.165) is 27.6 Å². The lowest BCUT2D eigenvalue weighted by atomic mass is 10.1. The van der Waals surface area contributed by atoms with Gasteiger partial charge in [-0.25, -0.2) is 8.42 Å². The van der Waals surface area contributed by atoms with Gasteiger partial charge < -0.3 is 14.8 Å². The van der Waals surface area contributed by atoms with Crippen LogP contribution < -0.4 is 19.1 Å². The first-order valence-corrected chi connectivity index (χ1v) is 13.9. The number of nitrogens with zero attached hydrogens (tertiary/aromatic N) is 1. The predicted octanol–water partition coefficient (Wildman–Crippen LogP) is 5.39. The summed E-state index contributed by atoms with van der Waals surface area (Å²) in [5.41, 5.74) is 2.30.